The minimum Gasteiger partial charge on any atom is -0.481 e. The molecular formula is C15H17FN2O4. The van der Waals surface area contributed by atoms with Crippen molar-refractivity contribution in [1.29, 1.82) is 0 Å². The Morgan fingerprint density at radius 3 is 2.27 bits per heavy atom. The molecule has 1 saturated carbocycles. The van der Waals surface area contributed by atoms with Crippen LogP contribution in [0.3, 0.4) is 0 Å². The highest BCUT2D eigenvalue weighted by atomic mass is 19.1. The summed E-state index contributed by atoms with van der Waals surface area (Å²) in [6.07, 6.45) is 1.64. The van der Waals surface area contributed by atoms with Crippen LogP contribution in [0.5, 0.6) is 0 Å². The van der Waals surface area contributed by atoms with Crippen LogP contribution in [0.2, 0.25) is 0 Å². The number of carbonyl (C=O) groups is 3. The van der Waals surface area contributed by atoms with E-state index < -0.39 is 29.0 Å². The fourth-order valence-corrected chi connectivity index (χ4v) is 2.36. The number of nitrogens with one attached hydrogen (secondary N) is 2. The number of benzene rings is 1. The molecule has 2 rings (SSSR count). The Morgan fingerprint density at radius 1 is 1.14 bits per heavy atom. The maximum atomic E-state index is 12.7. The average Bonchev–Trinajstić information content (AvgIpc) is 2.43. The summed E-state index contributed by atoms with van der Waals surface area (Å²) in [5.74, 6) is -2.30. The molecule has 0 atom stereocenters. The van der Waals surface area contributed by atoms with E-state index >= 15 is 0 Å². The van der Waals surface area contributed by atoms with Crippen molar-refractivity contribution in [2.24, 2.45) is 5.41 Å². The number of anilines is 1. The highest BCUT2D eigenvalue weighted by Crippen LogP contribution is 2.44. The molecule has 1 aliphatic rings. The Kier molecular flexibility index (Phi) is 4.75. The lowest BCUT2D eigenvalue weighted by Gasteiger charge is -2.36. The van der Waals surface area contributed by atoms with E-state index in [0.29, 0.717) is 18.5 Å². The summed E-state index contributed by atoms with van der Waals surface area (Å²) in [6.45, 7) is -0.258. The maximum Gasteiger partial charge on any atom is 0.310 e. The molecule has 118 valence electrons. The summed E-state index contributed by atoms with van der Waals surface area (Å²) in [5.41, 5.74) is -0.556. The maximum absolute atomic E-state index is 12.7. The van der Waals surface area contributed by atoms with E-state index in [9.17, 15) is 18.8 Å². The molecule has 1 aromatic carbocycles. The molecule has 0 unspecified atom stereocenters. The van der Waals surface area contributed by atoms with Gasteiger partial charge in [-0.05, 0) is 37.1 Å². The van der Waals surface area contributed by atoms with Crippen LogP contribution in [0, 0.1) is 11.2 Å². The van der Waals surface area contributed by atoms with E-state index in [1.165, 1.54) is 24.3 Å². The largest absolute Gasteiger partial charge is 0.481 e. The Hall–Kier alpha value is -2.44. The minimum atomic E-state index is -0.975. The van der Waals surface area contributed by atoms with E-state index in [1.54, 1.807) is 0 Å². The van der Waals surface area contributed by atoms with Gasteiger partial charge in [0, 0.05) is 12.1 Å². The third-order valence-corrected chi connectivity index (χ3v) is 3.84. The molecule has 6 nitrogen and oxygen atoms in total. The molecule has 1 aliphatic carbocycles. The van der Waals surface area contributed by atoms with Gasteiger partial charge in [-0.25, -0.2) is 4.39 Å². The average molecular weight is 308 g/mol. The van der Waals surface area contributed by atoms with Crippen LogP contribution in [-0.2, 0) is 14.4 Å². The number of carboxylic acids is 1. The van der Waals surface area contributed by atoms with Crippen LogP contribution in [0.1, 0.15) is 25.7 Å². The number of halogens is 1. The predicted octanol–water partition coefficient (Wildman–Crippen LogP) is 1.53. The van der Waals surface area contributed by atoms with Crippen molar-refractivity contribution in [1.82, 2.24) is 5.32 Å². The van der Waals surface area contributed by atoms with E-state index in [0.717, 1.165) is 6.42 Å². The molecule has 0 radical (unpaired) electrons. The minimum absolute atomic E-state index is 0.119. The highest BCUT2D eigenvalue weighted by Gasteiger charge is 2.45. The van der Waals surface area contributed by atoms with Crippen LogP contribution in [0.15, 0.2) is 24.3 Å². The van der Waals surface area contributed by atoms with Gasteiger partial charge in [-0.1, -0.05) is 6.42 Å². The van der Waals surface area contributed by atoms with Gasteiger partial charge in [0.25, 0.3) is 0 Å². The van der Waals surface area contributed by atoms with Crippen molar-refractivity contribution >= 4 is 23.5 Å². The second-order valence-corrected chi connectivity index (χ2v) is 5.45. The number of rotatable bonds is 6. The molecule has 1 aromatic rings. The molecule has 0 aliphatic heterocycles. The summed E-state index contributed by atoms with van der Waals surface area (Å²) < 4.78 is 12.7. The number of carbonyl (C=O) groups excluding carboxylic acids is 2. The Bertz CT molecular complexity index is 582. The van der Waals surface area contributed by atoms with Gasteiger partial charge in [-0.3, -0.25) is 14.4 Å². The first-order valence-electron chi connectivity index (χ1n) is 6.97. The number of hydrogen-bond donors (Lipinski definition) is 3. The fourth-order valence-electron chi connectivity index (χ4n) is 2.36. The van der Waals surface area contributed by atoms with Crippen LogP contribution >= 0.6 is 0 Å². The first-order chi connectivity index (χ1) is 10.4. The van der Waals surface area contributed by atoms with Crippen molar-refractivity contribution in [2.45, 2.75) is 25.7 Å². The van der Waals surface area contributed by atoms with Gasteiger partial charge in [0.05, 0.1) is 12.0 Å². The van der Waals surface area contributed by atoms with Gasteiger partial charge in [0.1, 0.15) is 5.82 Å². The Labute approximate surface area is 126 Å². The van der Waals surface area contributed by atoms with Crippen molar-refractivity contribution in [2.75, 3.05) is 11.9 Å². The predicted molar refractivity (Wildman–Crippen MR) is 76.6 cm³/mol. The Morgan fingerprint density at radius 2 is 1.77 bits per heavy atom. The standard InChI is InChI=1S/C15H17FN2O4/c16-10-2-4-11(5-3-10)18-13(20)9-17-12(19)8-15(14(21)22)6-1-7-15/h2-5H,1,6-9H2,(H,17,19)(H,18,20)(H,21,22). The summed E-state index contributed by atoms with van der Waals surface area (Å²) in [6, 6.07) is 5.23. The van der Waals surface area contributed by atoms with E-state index in [4.69, 9.17) is 5.11 Å². The number of hydrogen-bond acceptors (Lipinski definition) is 3. The van der Waals surface area contributed by atoms with Crippen molar-refractivity contribution in [3.05, 3.63) is 30.1 Å². The molecule has 3 N–H and O–H groups in total. The van der Waals surface area contributed by atoms with Crippen LogP contribution in [0.4, 0.5) is 10.1 Å². The third-order valence-electron chi connectivity index (χ3n) is 3.84. The molecule has 1 fully saturated rings. The lowest BCUT2D eigenvalue weighted by atomic mass is 9.66. The lowest BCUT2D eigenvalue weighted by Crippen LogP contribution is -2.43. The van der Waals surface area contributed by atoms with Gasteiger partial charge >= 0.3 is 5.97 Å². The smallest absolute Gasteiger partial charge is 0.310 e. The van der Waals surface area contributed by atoms with Gasteiger partial charge in [0.2, 0.25) is 11.8 Å². The number of carboxylic acid groups (broad SMARTS) is 1. The van der Waals surface area contributed by atoms with Crippen LogP contribution in [0.25, 0.3) is 0 Å². The van der Waals surface area contributed by atoms with Gasteiger partial charge in [-0.15, -0.1) is 0 Å². The first-order valence-corrected chi connectivity index (χ1v) is 6.97. The molecule has 0 bridgehead atoms. The SMILES string of the molecule is O=C(CC1(C(=O)O)CCC1)NCC(=O)Nc1ccc(F)cc1. The van der Waals surface area contributed by atoms with E-state index in [2.05, 4.69) is 10.6 Å². The van der Waals surface area contributed by atoms with E-state index in [-0.39, 0.29) is 13.0 Å². The molecule has 22 heavy (non-hydrogen) atoms. The van der Waals surface area contributed by atoms with Crippen molar-refractivity contribution < 1.29 is 23.9 Å². The fraction of sp³-hybridized carbons (Fsp3) is 0.400. The second-order valence-electron chi connectivity index (χ2n) is 5.45. The summed E-state index contributed by atoms with van der Waals surface area (Å²) in [4.78, 5) is 34.6. The topological polar surface area (TPSA) is 95.5 Å². The molecule has 0 aromatic heterocycles. The number of amides is 2. The summed E-state index contributed by atoms with van der Waals surface area (Å²) in [7, 11) is 0. The summed E-state index contributed by atoms with van der Waals surface area (Å²) in [5, 5.41) is 14.0. The molecule has 2 amide bonds. The summed E-state index contributed by atoms with van der Waals surface area (Å²) >= 11 is 0. The van der Waals surface area contributed by atoms with E-state index in [1.807, 2.05) is 0 Å². The zero-order valence-electron chi connectivity index (χ0n) is 11.9. The van der Waals surface area contributed by atoms with Crippen molar-refractivity contribution in [3.63, 3.8) is 0 Å². The molecule has 0 heterocycles. The van der Waals surface area contributed by atoms with Crippen LogP contribution < -0.4 is 10.6 Å². The van der Waals surface area contributed by atoms with Gasteiger partial charge in [0.15, 0.2) is 0 Å². The molecule has 0 spiro atoms. The normalized spacial score (nSPS) is 15.5. The van der Waals surface area contributed by atoms with Gasteiger partial charge in [-0.2, -0.15) is 0 Å². The van der Waals surface area contributed by atoms with Crippen molar-refractivity contribution in [3.8, 4) is 0 Å². The Balaban J connectivity index is 1.77. The molecule has 0 saturated heterocycles. The van der Waals surface area contributed by atoms with Gasteiger partial charge < -0.3 is 15.7 Å². The zero-order chi connectivity index (χ0) is 16.2. The monoisotopic (exact) mass is 308 g/mol. The third kappa shape index (κ3) is 3.81. The first kappa shape index (κ1) is 15.9. The number of aliphatic carboxylic acids is 1. The molecular weight excluding hydrogens is 291 g/mol. The quantitative estimate of drug-likeness (QED) is 0.742. The lowest BCUT2D eigenvalue weighted by molar-refractivity contribution is -0.157. The molecule has 7 heteroatoms. The second kappa shape index (κ2) is 6.55. The highest BCUT2D eigenvalue weighted by molar-refractivity contribution is 5.95. The zero-order valence-corrected chi connectivity index (χ0v) is 11.9. The van der Waals surface area contributed by atoms with Crippen LogP contribution in [-0.4, -0.2) is 29.4 Å².